The van der Waals surface area contributed by atoms with Crippen molar-refractivity contribution in [1.82, 2.24) is 0 Å². The summed E-state index contributed by atoms with van der Waals surface area (Å²) < 4.78 is 0. The second-order valence-electron chi connectivity index (χ2n) is 5.96. The van der Waals surface area contributed by atoms with E-state index in [0.29, 0.717) is 0 Å². The SMILES string of the molecule is CCCCCCC(O)C1(C#N)CCCc2ccccc21. The molecule has 0 saturated carbocycles. The summed E-state index contributed by atoms with van der Waals surface area (Å²) in [6, 6.07) is 10.6. The van der Waals surface area contributed by atoms with E-state index in [-0.39, 0.29) is 0 Å². The minimum atomic E-state index is -0.680. The van der Waals surface area contributed by atoms with E-state index in [1.807, 2.05) is 18.2 Å². The lowest BCUT2D eigenvalue weighted by Gasteiger charge is -2.37. The second-order valence-corrected chi connectivity index (χ2v) is 5.96. The molecule has 2 heteroatoms. The van der Waals surface area contributed by atoms with Crippen molar-refractivity contribution in [3.05, 3.63) is 35.4 Å². The van der Waals surface area contributed by atoms with Crippen molar-refractivity contribution in [3.63, 3.8) is 0 Å². The van der Waals surface area contributed by atoms with Gasteiger partial charge in [-0.2, -0.15) is 5.26 Å². The Kier molecular flexibility index (Phi) is 5.20. The second kappa shape index (κ2) is 6.90. The summed E-state index contributed by atoms with van der Waals surface area (Å²) in [4.78, 5) is 0. The van der Waals surface area contributed by atoms with E-state index in [9.17, 15) is 10.4 Å². The van der Waals surface area contributed by atoms with E-state index in [1.165, 1.54) is 18.4 Å². The fraction of sp³-hybridized carbons (Fsp3) is 0.611. The molecule has 1 aliphatic rings. The van der Waals surface area contributed by atoms with E-state index in [2.05, 4.69) is 19.1 Å². The molecular formula is C18H25NO. The average Bonchev–Trinajstić information content (AvgIpc) is 2.50. The first-order valence-electron chi connectivity index (χ1n) is 7.92. The van der Waals surface area contributed by atoms with Gasteiger partial charge in [0.2, 0.25) is 0 Å². The fourth-order valence-electron chi connectivity index (χ4n) is 3.41. The van der Waals surface area contributed by atoms with Crippen molar-refractivity contribution in [1.29, 1.82) is 5.26 Å². The zero-order valence-corrected chi connectivity index (χ0v) is 12.4. The molecule has 1 aromatic rings. The average molecular weight is 271 g/mol. The molecule has 1 aliphatic carbocycles. The predicted octanol–water partition coefficient (Wildman–Crippen LogP) is 4.12. The van der Waals surface area contributed by atoms with Gasteiger partial charge in [-0.25, -0.2) is 0 Å². The fourth-order valence-corrected chi connectivity index (χ4v) is 3.41. The summed E-state index contributed by atoms with van der Waals surface area (Å²) in [5.74, 6) is 0. The Bertz CT molecular complexity index is 477. The van der Waals surface area contributed by atoms with Gasteiger partial charge in [-0.05, 0) is 36.8 Å². The molecule has 108 valence electrons. The molecule has 2 rings (SSSR count). The number of rotatable bonds is 6. The number of aliphatic hydroxyl groups is 1. The highest BCUT2D eigenvalue weighted by atomic mass is 16.3. The van der Waals surface area contributed by atoms with Gasteiger partial charge in [0.1, 0.15) is 5.41 Å². The van der Waals surface area contributed by atoms with Crippen LogP contribution in [0.15, 0.2) is 24.3 Å². The molecule has 1 N–H and O–H groups in total. The van der Waals surface area contributed by atoms with Gasteiger partial charge in [0.25, 0.3) is 0 Å². The third-order valence-corrected chi connectivity index (χ3v) is 4.61. The minimum absolute atomic E-state index is 0.536. The van der Waals surface area contributed by atoms with Crippen molar-refractivity contribution in [3.8, 4) is 6.07 Å². The highest BCUT2D eigenvalue weighted by Gasteiger charge is 2.42. The Morgan fingerprint density at radius 3 is 2.85 bits per heavy atom. The number of aliphatic hydroxyl groups excluding tert-OH is 1. The molecule has 2 unspecified atom stereocenters. The topological polar surface area (TPSA) is 44.0 Å². The van der Waals surface area contributed by atoms with Gasteiger partial charge in [0.15, 0.2) is 0 Å². The van der Waals surface area contributed by atoms with Crippen LogP contribution in [0.25, 0.3) is 0 Å². The van der Waals surface area contributed by atoms with Gasteiger partial charge in [-0.3, -0.25) is 0 Å². The van der Waals surface area contributed by atoms with Crippen LogP contribution >= 0.6 is 0 Å². The number of unbranched alkanes of at least 4 members (excludes halogenated alkanes) is 3. The van der Waals surface area contributed by atoms with E-state index >= 15 is 0 Å². The van der Waals surface area contributed by atoms with Crippen LogP contribution in [-0.2, 0) is 11.8 Å². The van der Waals surface area contributed by atoms with Crippen molar-refractivity contribution >= 4 is 0 Å². The number of benzene rings is 1. The summed E-state index contributed by atoms with van der Waals surface area (Å²) >= 11 is 0. The quantitative estimate of drug-likeness (QED) is 0.791. The number of hydrogen-bond acceptors (Lipinski definition) is 2. The zero-order chi connectivity index (χ0) is 14.4. The molecule has 2 nitrogen and oxygen atoms in total. The van der Waals surface area contributed by atoms with E-state index in [0.717, 1.165) is 44.1 Å². The molecular weight excluding hydrogens is 246 g/mol. The van der Waals surface area contributed by atoms with E-state index < -0.39 is 11.5 Å². The Balaban J connectivity index is 2.16. The van der Waals surface area contributed by atoms with Crippen LogP contribution in [0.5, 0.6) is 0 Å². The van der Waals surface area contributed by atoms with Gasteiger partial charge >= 0.3 is 0 Å². The smallest absolute Gasteiger partial charge is 0.108 e. The van der Waals surface area contributed by atoms with Crippen molar-refractivity contribution in [2.24, 2.45) is 0 Å². The summed E-state index contributed by atoms with van der Waals surface area (Å²) in [7, 11) is 0. The summed E-state index contributed by atoms with van der Waals surface area (Å²) in [5.41, 5.74) is 1.63. The zero-order valence-electron chi connectivity index (χ0n) is 12.4. The summed E-state index contributed by atoms with van der Waals surface area (Å²) in [6.45, 7) is 2.19. The Morgan fingerprint density at radius 1 is 1.30 bits per heavy atom. The highest BCUT2D eigenvalue weighted by molar-refractivity contribution is 5.42. The van der Waals surface area contributed by atoms with Gasteiger partial charge in [0.05, 0.1) is 12.2 Å². The lowest BCUT2D eigenvalue weighted by atomic mass is 9.66. The molecule has 2 atom stereocenters. The van der Waals surface area contributed by atoms with Crippen LogP contribution in [0, 0.1) is 11.3 Å². The molecule has 0 spiro atoms. The van der Waals surface area contributed by atoms with Crippen LogP contribution in [0.3, 0.4) is 0 Å². The number of fused-ring (bicyclic) bond motifs is 1. The third-order valence-electron chi connectivity index (χ3n) is 4.61. The van der Waals surface area contributed by atoms with Crippen molar-refractivity contribution < 1.29 is 5.11 Å². The maximum Gasteiger partial charge on any atom is 0.108 e. The molecule has 0 saturated heterocycles. The van der Waals surface area contributed by atoms with Gasteiger partial charge in [-0.15, -0.1) is 0 Å². The number of nitrogens with zero attached hydrogens (tertiary/aromatic N) is 1. The molecule has 0 amide bonds. The summed E-state index contributed by atoms with van der Waals surface area (Å²) in [5, 5.41) is 20.4. The molecule has 0 radical (unpaired) electrons. The predicted molar refractivity (Wildman–Crippen MR) is 81.4 cm³/mol. The lowest BCUT2D eigenvalue weighted by Crippen LogP contribution is -2.41. The van der Waals surface area contributed by atoms with Gasteiger partial charge in [0, 0.05) is 0 Å². The van der Waals surface area contributed by atoms with Gasteiger partial charge in [-0.1, -0.05) is 56.9 Å². The monoisotopic (exact) mass is 271 g/mol. The lowest BCUT2D eigenvalue weighted by molar-refractivity contribution is 0.0881. The van der Waals surface area contributed by atoms with Gasteiger partial charge < -0.3 is 5.11 Å². The Hall–Kier alpha value is -1.33. The maximum absolute atomic E-state index is 10.6. The van der Waals surface area contributed by atoms with Crippen LogP contribution in [0.4, 0.5) is 0 Å². The van der Waals surface area contributed by atoms with Crippen molar-refractivity contribution in [2.75, 3.05) is 0 Å². The minimum Gasteiger partial charge on any atom is -0.391 e. The first-order valence-corrected chi connectivity index (χ1v) is 7.92. The molecule has 20 heavy (non-hydrogen) atoms. The molecule has 0 aliphatic heterocycles. The largest absolute Gasteiger partial charge is 0.391 e. The molecule has 0 aromatic heterocycles. The summed E-state index contributed by atoms with van der Waals surface area (Å²) in [6.07, 6.45) is 7.59. The Labute approximate surface area is 122 Å². The molecule has 1 aromatic carbocycles. The van der Waals surface area contributed by atoms with Crippen LogP contribution < -0.4 is 0 Å². The highest BCUT2D eigenvalue weighted by Crippen LogP contribution is 2.41. The molecule has 0 bridgehead atoms. The molecule has 0 heterocycles. The number of aryl methyl sites for hydroxylation is 1. The first-order chi connectivity index (χ1) is 9.74. The maximum atomic E-state index is 10.6. The van der Waals surface area contributed by atoms with Crippen LogP contribution in [-0.4, -0.2) is 11.2 Å². The number of nitriles is 1. The third kappa shape index (κ3) is 2.88. The normalized spacial score (nSPS) is 22.9. The van der Waals surface area contributed by atoms with Crippen molar-refractivity contribution in [2.45, 2.75) is 69.8 Å². The number of hydrogen-bond donors (Lipinski definition) is 1. The van der Waals surface area contributed by atoms with Crippen LogP contribution in [0.1, 0.15) is 63.0 Å². The van der Waals surface area contributed by atoms with E-state index in [4.69, 9.17) is 0 Å². The van der Waals surface area contributed by atoms with Crippen LogP contribution in [0.2, 0.25) is 0 Å². The standard InChI is InChI=1S/C18H25NO/c1-2-3-4-5-12-17(20)18(14-19)13-8-10-15-9-6-7-11-16(15)18/h6-7,9,11,17,20H,2-5,8,10,12-13H2,1H3. The first kappa shape index (κ1) is 15.1. The Morgan fingerprint density at radius 2 is 2.10 bits per heavy atom. The van der Waals surface area contributed by atoms with E-state index in [1.54, 1.807) is 0 Å². The molecule has 0 fully saturated rings.